The Morgan fingerprint density at radius 1 is 1.00 bits per heavy atom. The van der Waals surface area contributed by atoms with Gasteiger partial charge in [0.05, 0.1) is 12.6 Å². The predicted octanol–water partition coefficient (Wildman–Crippen LogP) is 5.37. The Kier molecular flexibility index (Phi) is 6.23. The van der Waals surface area contributed by atoms with Crippen LogP contribution in [-0.2, 0) is 11.2 Å². The summed E-state index contributed by atoms with van der Waals surface area (Å²) in [6.07, 6.45) is 1.99. The molecular weight excluding hydrogens is 382 g/mol. The smallest absolute Gasteiger partial charge is 0.244 e. The Morgan fingerprint density at radius 3 is 2.41 bits per heavy atom. The van der Waals surface area contributed by atoms with Crippen molar-refractivity contribution in [3.63, 3.8) is 0 Å². The van der Waals surface area contributed by atoms with Crippen LogP contribution in [0.1, 0.15) is 39.2 Å². The van der Waals surface area contributed by atoms with E-state index in [0.717, 1.165) is 38.8 Å². The van der Waals surface area contributed by atoms with Crippen LogP contribution >= 0.6 is 11.6 Å². The molecule has 1 N–H and O–H groups in total. The van der Waals surface area contributed by atoms with Crippen LogP contribution in [-0.4, -0.2) is 16.7 Å². The first-order valence-corrected chi connectivity index (χ1v) is 9.97. The fourth-order valence-electron chi connectivity index (χ4n) is 3.35. The van der Waals surface area contributed by atoms with E-state index >= 15 is 0 Å². The van der Waals surface area contributed by atoms with E-state index in [-0.39, 0.29) is 5.91 Å². The van der Waals surface area contributed by atoms with Gasteiger partial charge in [-0.25, -0.2) is 5.43 Å². The maximum absolute atomic E-state index is 12.2. The minimum absolute atomic E-state index is 0.136. The molecule has 3 rings (SSSR count). The number of aromatic nitrogens is 1. The van der Waals surface area contributed by atoms with Crippen molar-refractivity contribution in [3.05, 3.63) is 86.7 Å². The summed E-state index contributed by atoms with van der Waals surface area (Å²) >= 11 is 6.29. The zero-order chi connectivity index (χ0) is 21.1. The number of hydrazone groups is 1. The summed E-state index contributed by atoms with van der Waals surface area (Å²) in [5, 5.41) is 4.89. The van der Waals surface area contributed by atoms with Crippen LogP contribution in [0.15, 0.2) is 47.6 Å². The Balaban J connectivity index is 1.71. The van der Waals surface area contributed by atoms with Gasteiger partial charge in [0.1, 0.15) is 0 Å². The van der Waals surface area contributed by atoms with Crippen molar-refractivity contribution in [2.24, 2.45) is 5.10 Å². The minimum atomic E-state index is -0.136. The van der Waals surface area contributed by atoms with Crippen molar-refractivity contribution in [2.75, 3.05) is 0 Å². The van der Waals surface area contributed by atoms with Crippen molar-refractivity contribution < 1.29 is 4.79 Å². The topological polar surface area (TPSA) is 46.4 Å². The minimum Gasteiger partial charge on any atom is -0.318 e. The van der Waals surface area contributed by atoms with E-state index in [1.165, 1.54) is 11.1 Å². The number of hydrogen-bond donors (Lipinski definition) is 1. The Morgan fingerprint density at radius 2 is 1.72 bits per heavy atom. The summed E-state index contributed by atoms with van der Waals surface area (Å²) in [6.45, 7) is 10.2. The molecule has 2 aromatic carbocycles. The van der Waals surface area contributed by atoms with Crippen LogP contribution < -0.4 is 5.43 Å². The molecule has 0 aliphatic rings. The number of carbonyl (C=O) groups excluding carboxylic acids is 1. The number of nitrogens with one attached hydrogen (secondary N) is 1. The van der Waals surface area contributed by atoms with Crippen molar-refractivity contribution in [1.29, 1.82) is 0 Å². The summed E-state index contributed by atoms with van der Waals surface area (Å²) in [5.41, 5.74) is 11.1. The van der Waals surface area contributed by atoms with Crippen LogP contribution in [0.2, 0.25) is 5.02 Å². The van der Waals surface area contributed by atoms with Crippen LogP contribution in [0.25, 0.3) is 5.69 Å². The van der Waals surface area contributed by atoms with E-state index in [4.69, 9.17) is 11.6 Å². The number of amides is 1. The third kappa shape index (κ3) is 4.77. The van der Waals surface area contributed by atoms with Gasteiger partial charge in [0.2, 0.25) is 5.91 Å². The molecule has 0 spiro atoms. The van der Waals surface area contributed by atoms with Crippen molar-refractivity contribution in [1.82, 2.24) is 9.99 Å². The van der Waals surface area contributed by atoms with E-state index in [9.17, 15) is 4.79 Å². The molecule has 3 aromatic rings. The van der Waals surface area contributed by atoms with E-state index < -0.39 is 0 Å². The number of carbonyl (C=O) groups is 1. The molecule has 0 aliphatic heterocycles. The first kappa shape index (κ1) is 20.9. The van der Waals surface area contributed by atoms with Gasteiger partial charge in [-0.05, 0) is 75.1 Å². The number of aryl methyl sites for hydroxylation is 4. The molecule has 0 saturated heterocycles. The van der Waals surface area contributed by atoms with Crippen LogP contribution in [0.4, 0.5) is 0 Å². The highest BCUT2D eigenvalue weighted by molar-refractivity contribution is 6.31. The Bertz CT molecular complexity index is 1100. The summed E-state index contributed by atoms with van der Waals surface area (Å²) in [6, 6.07) is 14.1. The molecule has 0 fully saturated rings. The number of nitrogens with zero attached hydrogens (tertiary/aromatic N) is 2. The second kappa shape index (κ2) is 8.66. The number of benzene rings is 2. The summed E-state index contributed by atoms with van der Waals surface area (Å²) in [7, 11) is 0. The SMILES string of the molecule is Cc1ccc(CC(=O)N/N=C\c2cc(C)n(-c3ccc(C)c(Cl)c3)c2C)cc1C. The molecular formula is C24H26ClN3O. The average Bonchev–Trinajstić information content (AvgIpc) is 2.94. The van der Waals surface area contributed by atoms with E-state index in [1.54, 1.807) is 6.21 Å². The summed E-state index contributed by atoms with van der Waals surface area (Å²) in [5.74, 6) is -0.136. The van der Waals surface area contributed by atoms with Crippen molar-refractivity contribution in [3.8, 4) is 5.69 Å². The zero-order valence-corrected chi connectivity index (χ0v) is 18.3. The quantitative estimate of drug-likeness (QED) is 0.448. The number of halogens is 1. The molecule has 0 bridgehead atoms. The maximum Gasteiger partial charge on any atom is 0.244 e. The van der Waals surface area contributed by atoms with Crippen LogP contribution in [0, 0.1) is 34.6 Å². The normalized spacial score (nSPS) is 11.2. The van der Waals surface area contributed by atoms with Gasteiger partial charge >= 0.3 is 0 Å². The monoisotopic (exact) mass is 407 g/mol. The van der Waals surface area contributed by atoms with Gasteiger partial charge in [-0.2, -0.15) is 5.10 Å². The Hall–Kier alpha value is -2.85. The lowest BCUT2D eigenvalue weighted by Gasteiger charge is -2.11. The van der Waals surface area contributed by atoms with Crippen LogP contribution in [0.5, 0.6) is 0 Å². The van der Waals surface area contributed by atoms with E-state index in [2.05, 4.69) is 22.0 Å². The number of rotatable bonds is 5. The number of hydrogen-bond acceptors (Lipinski definition) is 2. The maximum atomic E-state index is 12.2. The predicted molar refractivity (Wildman–Crippen MR) is 120 cm³/mol. The molecule has 0 atom stereocenters. The third-order valence-corrected chi connectivity index (χ3v) is 5.62. The summed E-state index contributed by atoms with van der Waals surface area (Å²) in [4.78, 5) is 12.2. The van der Waals surface area contributed by atoms with Gasteiger partial charge < -0.3 is 4.57 Å². The molecule has 0 unspecified atom stereocenters. The van der Waals surface area contributed by atoms with Gasteiger partial charge in [0, 0.05) is 27.7 Å². The second-order valence-corrected chi connectivity index (χ2v) is 7.89. The first-order chi connectivity index (χ1) is 13.8. The van der Waals surface area contributed by atoms with Gasteiger partial charge in [0.25, 0.3) is 0 Å². The highest BCUT2D eigenvalue weighted by atomic mass is 35.5. The third-order valence-electron chi connectivity index (χ3n) is 5.21. The largest absolute Gasteiger partial charge is 0.318 e. The first-order valence-electron chi connectivity index (χ1n) is 9.59. The molecule has 1 aromatic heterocycles. The second-order valence-electron chi connectivity index (χ2n) is 7.48. The molecule has 150 valence electrons. The highest BCUT2D eigenvalue weighted by Crippen LogP contribution is 2.24. The van der Waals surface area contributed by atoms with Crippen LogP contribution in [0.3, 0.4) is 0 Å². The molecule has 4 nitrogen and oxygen atoms in total. The fraction of sp³-hybridized carbons (Fsp3) is 0.250. The molecule has 29 heavy (non-hydrogen) atoms. The zero-order valence-electron chi connectivity index (χ0n) is 17.5. The molecule has 0 aliphatic carbocycles. The van der Waals surface area contributed by atoms with Crippen molar-refractivity contribution in [2.45, 2.75) is 41.0 Å². The highest BCUT2D eigenvalue weighted by Gasteiger charge is 2.11. The van der Waals surface area contributed by atoms with Gasteiger partial charge in [0.15, 0.2) is 0 Å². The molecule has 5 heteroatoms. The lowest BCUT2D eigenvalue weighted by atomic mass is 10.0. The van der Waals surface area contributed by atoms with Gasteiger partial charge in [-0.1, -0.05) is 35.9 Å². The molecule has 0 saturated carbocycles. The molecule has 1 heterocycles. The summed E-state index contributed by atoms with van der Waals surface area (Å²) < 4.78 is 2.13. The van der Waals surface area contributed by atoms with Gasteiger partial charge in [-0.15, -0.1) is 0 Å². The Labute approximate surface area is 177 Å². The lowest BCUT2D eigenvalue weighted by Crippen LogP contribution is -2.19. The average molecular weight is 408 g/mol. The fourth-order valence-corrected chi connectivity index (χ4v) is 3.52. The molecule has 0 radical (unpaired) electrons. The van der Waals surface area contributed by atoms with E-state index in [0.29, 0.717) is 6.42 Å². The standard InChI is InChI=1S/C24H26ClN3O/c1-15-6-8-20(10-17(15)3)12-24(29)27-26-14-21-11-18(4)28(19(21)5)22-9-7-16(2)23(25)13-22/h6-11,13-14H,12H2,1-5H3,(H,27,29)/b26-14-. The molecule has 1 amide bonds. The van der Waals surface area contributed by atoms with Gasteiger partial charge in [-0.3, -0.25) is 4.79 Å². The van der Waals surface area contributed by atoms with E-state index in [1.807, 2.05) is 70.2 Å². The van der Waals surface area contributed by atoms with Crippen molar-refractivity contribution >= 4 is 23.7 Å². The lowest BCUT2D eigenvalue weighted by molar-refractivity contribution is -0.120.